The lowest BCUT2D eigenvalue weighted by atomic mass is 9.63. The second kappa shape index (κ2) is 16.6. The van der Waals surface area contributed by atoms with Gasteiger partial charge in [-0.3, -0.25) is 9.69 Å². The first-order valence-corrected chi connectivity index (χ1v) is 21.6. The smallest absolute Gasteiger partial charge is 0.264 e. The zero-order chi connectivity index (χ0) is 38.0. The first-order chi connectivity index (χ1) is 25.2. The lowest BCUT2D eigenvalue weighted by molar-refractivity contribution is -0.0959. The number of carbonyl (C=O) groups is 1. The van der Waals surface area contributed by atoms with Crippen LogP contribution in [0.5, 0.6) is 5.75 Å². The molecule has 6 rings (SSSR count). The molecule has 11 heteroatoms. The molecule has 1 saturated heterocycles. The molecule has 0 spiro atoms. The van der Waals surface area contributed by atoms with Crippen LogP contribution in [0, 0.1) is 23.2 Å². The number of sulfonamides is 1. The second-order valence-electron chi connectivity index (χ2n) is 17.3. The van der Waals surface area contributed by atoms with Crippen LogP contribution in [-0.4, -0.2) is 94.4 Å². The summed E-state index contributed by atoms with van der Waals surface area (Å²) >= 11 is 6.41. The minimum atomic E-state index is -3.95. The number of amides is 1. The fourth-order valence-corrected chi connectivity index (χ4v) is 10.2. The maximum Gasteiger partial charge on any atom is 0.264 e. The molecule has 5 atom stereocenters. The Morgan fingerprint density at radius 1 is 0.981 bits per heavy atom. The van der Waals surface area contributed by atoms with Gasteiger partial charge in [0.25, 0.3) is 5.91 Å². The second-order valence-corrected chi connectivity index (χ2v) is 19.8. The number of fused-ring (bicyclic) bond motifs is 3. The summed E-state index contributed by atoms with van der Waals surface area (Å²) in [6, 6.07) is 11.3. The van der Waals surface area contributed by atoms with Crippen molar-refractivity contribution < 1.29 is 22.7 Å². The molecule has 1 amide bonds. The molecule has 53 heavy (non-hydrogen) atoms. The summed E-state index contributed by atoms with van der Waals surface area (Å²) in [5.74, 6) is 0.480. The number of aryl methyl sites for hydroxylation is 1. The monoisotopic (exact) mass is 768 g/mol. The number of piperazine rings is 1. The van der Waals surface area contributed by atoms with Crippen molar-refractivity contribution in [2.75, 3.05) is 64.4 Å². The predicted molar refractivity (Wildman–Crippen MR) is 214 cm³/mol. The van der Waals surface area contributed by atoms with Gasteiger partial charge in [-0.25, -0.2) is 13.1 Å². The molecule has 0 unspecified atom stereocenters. The number of methoxy groups -OCH3 is 1. The Hall–Kier alpha value is -2.63. The summed E-state index contributed by atoms with van der Waals surface area (Å²) in [5.41, 5.74) is 3.15. The van der Waals surface area contributed by atoms with Crippen molar-refractivity contribution in [1.29, 1.82) is 0 Å². The molecule has 0 aromatic heterocycles. The van der Waals surface area contributed by atoms with E-state index >= 15 is 0 Å². The third-order valence-electron chi connectivity index (χ3n) is 12.2. The molecule has 1 saturated carbocycles. The molecule has 292 valence electrons. The van der Waals surface area contributed by atoms with Crippen LogP contribution in [0.25, 0.3) is 0 Å². The number of anilines is 1. The largest absolute Gasteiger partial charge is 0.487 e. The van der Waals surface area contributed by atoms with E-state index in [1.807, 2.05) is 44.4 Å². The SMILES string of the molecule is CO[C@]1(CN2CCN(CC(C)(C)C)CC2)/C=C/C[C@H](C)[C@@H](C)S(=O)(=O)NC(=O)c2ccc3c(c2)N(CCCCc2cc(Cl)ccc2CO3)C[C@@H]2CC[C@H]21. The van der Waals surface area contributed by atoms with Crippen molar-refractivity contribution >= 4 is 33.2 Å². The standard InChI is InChI=1S/C42H61ClN4O5S/c1-30-10-9-18-42(51-6,29-46-22-20-45(21-23-46)28-41(3,4)5)37-16-13-34(37)26-47-19-8-7-11-32-24-36(43)15-12-35(32)27-52-39-17-14-33(25-38(39)47)40(48)44-53(49,50)31(30)2/h9,12,14-15,17-18,24-25,30-31,34,37H,7-8,10-11,13,16,19-23,26-29H2,1-6H3,(H,44,48)/b18-9+/t30-,31+,34-,37+,42-/m0/s1. The van der Waals surface area contributed by atoms with Gasteiger partial charge >= 0.3 is 0 Å². The molecule has 2 fully saturated rings. The van der Waals surface area contributed by atoms with Crippen LogP contribution in [0.2, 0.25) is 5.02 Å². The van der Waals surface area contributed by atoms with Crippen molar-refractivity contribution in [3.8, 4) is 5.75 Å². The summed E-state index contributed by atoms with van der Waals surface area (Å²) in [5, 5.41) is -0.0561. The van der Waals surface area contributed by atoms with Gasteiger partial charge in [-0.15, -0.1) is 0 Å². The molecular weight excluding hydrogens is 708 g/mol. The molecule has 2 aromatic carbocycles. The number of nitrogens with zero attached hydrogens (tertiary/aromatic N) is 3. The highest BCUT2D eigenvalue weighted by Crippen LogP contribution is 2.47. The van der Waals surface area contributed by atoms with Gasteiger partial charge in [0.05, 0.1) is 10.9 Å². The maximum atomic E-state index is 13.6. The lowest BCUT2D eigenvalue weighted by Gasteiger charge is -2.52. The van der Waals surface area contributed by atoms with Crippen LogP contribution < -0.4 is 14.4 Å². The number of hydrogen-bond donors (Lipinski definition) is 1. The maximum absolute atomic E-state index is 13.6. The van der Waals surface area contributed by atoms with Gasteiger partial charge < -0.3 is 19.3 Å². The highest BCUT2D eigenvalue weighted by atomic mass is 35.5. The number of carbonyl (C=O) groups excluding carboxylic acids is 1. The van der Waals surface area contributed by atoms with Gasteiger partial charge in [-0.2, -0.15) is 0 Å². The molecule has 1 aliphatic carbocycles. The first-order valence-electron chi connectivity index (χ1n) is 19.7. The number of benzene rings is 2. The number of rotatable bonds is 4. The summed E-state index contributed by atoms with van der Waals surface area (Å²) in [4.78, 5) is 21.1. The van der Waals surface area contributed by atoms with E-state index in [4.69, 9.17) is 21.1 Å². The van der Waals surface area contributed by atoms with Crippen molar-refractivity contribution in [1.82, 2.24) is 14.5 Å². The van der Waals surface area contributed by atoms with E-state index in [0.717, 1.165) is 101 Å². The van der Waals surface area contributed by atoms with Crippen molar-refractivity contribution in [2.24, 2.45) is 23.2 Å². The fourth-order valence-electron chi connectivity index (χ4n) is 8.76. The van der Waals surface area contributed by atoms with E-state index in [0.29, 0.717) is 30.3 Å². The number of ether oxygens (including phenoxy) is 2. The van der Waals surface area contributed by atoms with Crippen LogP contribution in [0.4, 0.5) is 5.69 Å². The highest BCUT2D eigenvalue weighted by Gasteiger charge is 2.48. The van der Waals surface area contributed by atoms with E-state index in [2.05, 4.69) is 52.3 Å². The average molecular weight is 769 g/mol. The summed E-state index contributed by atoms with van der Waals surface area (Å²) in [6.45, 7) is 18.4. The van der Waals surface area contributed by atoms with E-state index in [-0.39, 0.29) is 17.3 Å². The van der Waals surface area contributed by atoms with E-state index in [1.165, 1.54) is 5.56 Å². The summed E-state index contributed by atoms with van der Waals surface area (Å²) in [6.07, 6.45) is 9.94. The quantitative estimate of drug-likeness (QED) is 0.328. The zero-order valence-electron chi connectivity index (χ0n) is 32.7. The molecule has 9 nitrogen and oxygen atoms in total. The van der Waals surface area contributed by atoms with Crippen LogP contribution in [-0.2, 0) is 27.8 Å². The van der Waals surface area contributed by atoms with Crippen molar-refractivity contribution in [3.05, 3.63) is 70.3 Å². The third kappa shape index (κ3) is 9.61. The Labute approximate surface area is 323 Å². The lowest BCUT2D eigenvalue weighted by Crippen LogP contribution is -2.59. The summed E-state index contributed by atoms with van der Waals surface area (Å²) in [7, 11) is -2.10. The van der Waals surface area contributed by atoms with Crippen LogP contribution in [0.3, 0.4) is 0 Å². The van der Waals surface area contributed by atoms with E-state index in [1.54, 1.807) is 13.0 Å². The molecule has 1 N–H and O–H groups in total. The molecule has 4 aliphatic rings. The number of halogens is 1. The fraction of sp³-hybridized carbons (Fsp3) is 0.643. The molecule has 3 aliphatic heterocycles. The van der Waals surface area contributed by atoms with Crippen molar-refractivity contribution in [2.45, 2.75) is 90.6 Å². The van der Waals surface area contributed by atoms with Gasteiger partial charge in [-0.05, 0) is 110 Å². The Morgan fingerprint density at radius 3 is 2.43 bits per heavy atom. The van der Waals surface area contributed by atoms with Gasteiger partial charge in [0.2, 0.25) is 10.0 Å². The number of nitrogens with one attached hydrogen (secondary N) is 1. The van der Waals surface area contributed by atoms with Crippen LogP contribution in [0.15, 0.2) is 48.6 Å². The van der Waals surface area contributed by atoms with Gasteiger partial charge in [-0.1, -0.05) is 57.5 Å². The van der Waals surface area contributed by atoms with Gasteiger partial charge in [0.1, 0.15) is 18.0 Å². The molecule has 0 radical (unpaired) electrons. The Morgan fingerprint density at radius 2 is 1.74 bits per heavy atom. The number of allylic oxidation sites excluding steroid dienone is 1. The average Bonchev–Trinajstić information content (AvgIpc) is 3.12. The molecule has 2 bridgehead atoms. The summed E-state index contributed by atoms with van der Waals surface area (Å²) < 4.78 is 42.8. The third-order valence-corrected chi connectivity index (χ3v) is 14.3. The van der Waals surface area contributed by atoms with Crippen LogP contribution in [0.1, 0.15) is 88.2 Å². The normalized spacial score (nSPS) is 29.7. The zero-order valence-corrected chi connectivity index (χ0v) is 34.3. The molecule has 3 heterocycles. The van der Waals surface area contributed by atoms with E-state index < -0.39 is 26.8 Å². The predicted octanol–water partition coefficient (Wildman–Crippen LogP) is 7.18. The topological polar surface area (TPSA) is 91.4 Å². The minimum absolute atomic E-state index is 0.216. The molecular formula is C42H61ClN4O5S. The van der Waals surface area contributed by atoms with E-state index in [9.17, 15) is 13.2 Å². The van der Waals surface area contributed by atoms with Crippen molar-refractivity contribution in [3.63, 3.8) is 0 Å². The van der Waals surface area contributed by atoms with Gasteiger partial charge in [0.15, 0.2) is 0 Å². The first kappa shape index (κ1) is 40.0. The van der Waals surface area contributed by atoms with Crippen LogP contribution >= 0.6 is 11.6 Å². The highest BCUT2D eigenvalue weighted by molar-refractivity contribution is 7.90. The Bertz CT molecular complexity index is 1740. The number of hydrogen-bond acceptors (Lipinski definition) is 8. The van der Waals surface area contributed by atoms with Gasteiger partial charge in [0, 0.05) is 70.1 Å². The Balaban J connectivity index is 1.35. The minimum Gasteiger partial charge on any atom is -0.487 e. The Kier molecular flexibility index (Phi) is 12.6. The molecule has 2 aromatic rings.